The van der Waals surface area contributed by atoms with Crippen LogP contribution in [-0.4, -0.2) is 20.0 Å². The van der Waals surface area contributed by atoms with Crippen molar-refractivity contribution in [2.75, 3.05) is 24.3 Å². The monoisotopic (exact) mass is 265 g/mol. The van der Waals surface area contributed by atoms with Crippen LogP contribution in [0, 0.1) is 11.3 Å². The molecule has 0 saturated heterocycles. The predicted octanol–water partition coefficient (Wildman–Crippen LogP) is 2.88. The van der Waals surface area contributed by atoms with Crippen LogP contribution in [0.3, 0.4) is 0 Å². The summed E-state index contributed by atoms with van der Waals surface area (Å²) in [7, 11) is 3.48. The number of rotatable bonds is 3. The summed E-state index contributed by atoms with van der Waals surface area (Å²) in [4.78, 5) is 14.1. The maximum atomic E-state index is 12.5. The number of amides is 1. The van der Waals surface area contributed by atoms with Crippen molar-refractivity contribution in [3.05, 3.63) is 59.7 Å². The first-order valence-corrected chi connectivity index (χ1v) is 6.22. The molecule has 1 amide bonds. The summed E-state index contributed by atoms with van der Waals surface area (Å²) in [6.45, 7) is 0. The summed E-state index contributed by atoms with van der Waals surface area (Å²) in [5.74, 6) is -0.120. The van der Waals surface area contributed by atoms with Gasteiger partial charge in [-0.3, -0.25) is 4.79 Å². The topological polar surface area (TPSA) is 56.1 Å². The molecule has 0 atom stereocenters. The van der Waals surface area contributed by atoms with Gasteiger partial charge in [0.05, 0.1) is 17.2 Å². The summed E-state index contributed by atoms with van der Waals surface area (Å²) in [5.41, 5.74) is 2.60. The van der Waals surface area contributed by atoms with E-state index in [0.29, 0.717) is 16.8 Å². The van der Waals surface area contributed by atoms with Crippen molar-refractivity contribution in [2.45, 2.75) is 0 Å². The fraction of sp³-hybridized carbons (Fsp3) is 0.125. The SMILES string of the molecule is CNc1ccccc1C(=O)N(C)c1cccc(C#N)c1. The highest BCUT2D eigenvalue weighted by atomic mass is 16.2. The molecule has 2 aromatic carbocycles. The molecule has 0 aliphatic heterocycles. The first-order valence-electron chi connectivity index (χ1n) is 6.22. The van der Waals surface area contributed by atoms with Gasteiger partial charge in [-0.1, -0.05) is 18.2 Å². The van der Waals surface area contributed by atoms with E-state index in [1.165, 1.54) is 4.90 Å². The van der Waals surface area contributed by atoms with Gasteiger partial charge in [0.2, 0.25) is 0 Å². The van der Waals surface area contributed by atoms with Crippen LogP contribution < -0.4 is 10.2 Å². The fourth-order valence-corrected chi connectivity index (χ4v) is 1.97. The molecule has 2 rings (SSSR count). The van der Waals surface area contributed by atoms with E-state index in [9.17, 15) is 4.79 Å². The van der Waals surface area contributed by atoms with Gasteiger partial charge in [-0.25, -0.2) is 0 Å². The number of benzene rings is 2. The quantitative estimate of drug-likeness (QED) is 0.928. The maximum Gasteiger partial charge on any atom is 0.260 e. The third kappa shape index (κ3) is 2.62. The molecule has 0 heterocycles. The van der Waals surface area contributed by atoms with Crippen LogP contribution in [0.2, 0.25) is 0 Å². The van der Waals surface area contributed by atoms with Crippen molar-refractivity contribution in [1.82, 2.24) is 0 Å². The largest absolute Gasteiger partial charge is 0.387 e. The number of nitriles is 1. The number of hydrogen-bond donors (Lipinski definition) is 1. The van der Waals surface area contributed by atoms with E-state index in [4.69, 9.17) is 5.26 Å². The Morgan fingerprint density at radius 3 is 2.65 bits per heavy atom. The smallest absolute Gasteiger partial charge is 0.260 e. The van der Waals surface area contributed by atoms with E-state index < -0.39 is 0 Å². The van der Waals surface area contributed by atoms with Crippen LogP contribution in [0.5, 0.6) is 0 Å². The van der Waals surface area contributed by atoms with Gasteiger partial charge in [0.1, 0.15) is 0 Å². The number of nitrogens with one attached hydrogen (secondary N) is 1. The average Bonchev–Trinajstić information content (AvgIpc) is 2.53. The molecule has 0 saturated carbocycles. The number of carbonyl (C=O) groups excluding carboxylic acids is 1. The summed E-state index contributed by atoms with van der Waals surface area (Å²) in [5, 5.41) is 11.9. The lowest BCUT2D eigenvalue weighted by atomic mass is 10.1. The molecule has 2 aromatic rings. The van der Waals surface area contributed by atoms with Crippen LogP contribution >= 0.6 is 0 Å². The molecule has 100 valence electrons. The summed E-state index contributed by atoms with van der Waals surface area (Å²) >= 11 is 0. The zero-order valence-corrected chi connectivity index (χ0v) is 11.4. The molecule has 0 radical (unpaired) electrons. The van der Waals surface area contributed by atoms with Crippen molar-refractivity contribution in [1.29, 1.82) is 5.26 Å². The third-order valence-corrected chi connectivity index (χ3v) is 3.09. The standard InChI is InChI=1S/C16H15N3O/c1-18-15-9-4-3-8-14(15)16(20)19(2)13-7-5-6-12(10-13)11-17/h3-10,18H,1-2H3. The van der Waals surface area contributed by atoms with E-state index in [1.807, 2.05) is 18.2 Å². The molecule has 1 N–H and O–H groups in total. The highest BCUT2D eigenvalue weighted by Gasteiger charge is 2.16. The van der Waals surface area contributed by atoms with Gasteiger partial charge < -0.3 is 10.2 Å². The number of nitrogens with zero attached hydrogens (tertiary/aromatic N) is 2. The first-order chi connectivity index (χ1) is 9.67. The van der Waals surface area contributed by atoms with Gasteiger partial charge in [0, 0.05) is 25.5 Å². The van der Waals surface area contributed by atoms with Gasteiger partial charge >= 0.3 is 0 Å². The van der Waals surface area contributed by atoms with Gasteiger partial charge in [0.15, 0.2) is 0 Å². The Morgan fingerprint density at radius 2 is 1.95 bits per heavy atom. The molecule has 0 aromatic heterocycles. The Kier molecular flexibility index (Phi) is 4.02. The van der Waals surface area contributed by atoms with Crippen molar-refractivity contribution >= 4 is 17.3 Å². The second-order valence-corrected chi connectivity index (χ2v) is 4.32. The summed E-state index contributed by atoms with van der Waals surface area (Å²) < 4.78 is 0. The molecular formula is C16H15N3O. The molecule has 0 unspecified atom stereocenters. The van der Waals surface area contributed by atoms with Gasteiger partial charge in [-0.15, -0.1) is 0 Å². The second kappa shape index (κ2) is 5.89. The summed E-state index contributed by atoms with van der Waals surface area (Å²) in [6, 6.07) is 16.4. The molecule has 0 fully saturated rings. The zero-order chi connectivity index (χ0) is 14.5. The molecule has 0 bridgehead atoms. The van der Waals surface area contributed by atoms with Crippen LogP contribution in [-0.2, 0) is 0 Å². The minimum Gasteiger partial charge on any atom is -0.387 e. The lowest BCUT2D eigenvalue weighted by Crippen LogP contribution is -2.27. The minimum absolute atomic E-state index is 0.120. The normalized spacial score (nSPS) is 9.65. The van der Waals surface area contributed by atoms with Crippen molar-refractivity contribution in [3.63, 3.8) is 0 Å². The van der Waals surface area contributed by atoms with Crippen LogP contribution in [0.25, 0.3) is 0 Å². The van der Waals surface area contributed by atoms with E-state index in [2.05, 4.69) is 11.4 Å². The number of anilines is 2. The first kappa shape index (κ1) is 13.6. The Bertz CT molecular complexity index is 673. The van der Waals surface area contributed by atoms with Crippen LogP contribution in [0.1, 0.15) is 15.9 Å². The minimum atomic E-state index is -0.120. The van der Waals surface area contributed by atoms with Gasteiger partial charge in [-0.05, 0) is 30.3 Å². The van der Waals surface area contributed by atoms with Crippen LogP contribution in [0.4, 0.5) is 11.4 Å². The second-order valence-electron chi connectivity index (χ2n) is 4.32. The average molecular weight is 265 g/mol. The number of carbonyl (C=O) groups is 1. The molecule has 20 heavy (non-hydrogen) atoms. The number of para-hydroxylation sites is 1. The van der Waals surface area contributed by atoms with Crippen molar-refractivity contribution < 1.29 is 4.79 Å². The predicted molar refractivity (Wildman–Crippen MR) is 79.9 cm³/mol. The highest BCUT2D eigenvalue weighted by molar-refractivity contribution is 6.09. The van der Waals surface area contributed by atoms with Crippen molar-refractivity contribution in [2.24, 2.45) is 0 Å². The van der Waals surface area contributed by atoms with E-state index in [-0.39, 0.29) is 5.91 Å². The zero-order valence-electron chi connectivity index (χ0n) is 11.4. The maximum absolute atomic E-state index is 12.5. The number of hydrogen-bond acceptors (Lipinski definition) is 3. The van der Waals surface area contributed by atoms with E-state index >= 15 is 0 Å². The molecule has 4 heteroatoms. The molecule has 0 aliphatic carbocycles. The fourth-order valence-electron chi connectivity index (χ4n) is 1.97. The van der Waals surface area contributed by atoms with E-state index in [1.54, 1.807) is 44.4 Å². The lowest BCUT2D eigenvalue weighted by molar-refractivity contribution is 0.0994. The molecule has 0 aliphatic rings. The Labute approximate surface area is 118 Å². The Balaban J connectivity index is 2.35. The molecular weight excluding hydrogens is 250 g/mol. The Morgan fingerprint density at radius 1 is 1.20 bits per heavy atom. The summed E-state index contributed by atoms with van der Waals surface area (Å²) in [6.07, 6.45) is 0. The van der Waals surface area contributed by atoms with Crippen molar-refractivity contribution in [3.8, 4) is 6.07 Å². The third-order valence-electron chi connectivity index (χ3n) is 3.09. The van der Waals surface area contributed by atoms with Gasteiger partial charge in [-0.2, -0.15) is 5.26 Å². The molecule has 0 spiro atoms. The lowest BCUT2D eigenvalue weighted by Gasteiger charge is -2.19. The highest BCUT2D eigenvalue weighted by Crippen LogP contribution is 2.21. The molecule has 4 nitrogen and oxygen atoms in total. The van der Waals surface area contributed by atoms with E-state index in [0.717, 1.165) is 5.69 Å². The van der Waals surface area contributed by atoms with Gasteiger partial charge in [0.25, 0.3) is 5.91 Å². The Hall–Kier alpha value is -2.80. The van der Waals surface area contributed by atoms with Crippen LogP contribution in [0.15, 0.2) is 48.5 Å².